The molecule has 160 valence electrons. The van der Waals surface area contributed by atoms with E-state index in [-0.39, 0.29) is 22.8 Å². The number of carbonyl (C=O) groups is 2. The quantitative estimate of drug-likeness (QED) is 0.388. The van der Waals surface area contributed by atoms with Gasteiger partial charge in [-0.1, -0.05) is 5.16 Å². The van der Waals surface area contributed by atoms with E-state index in [9.17, 15) is 19.7 Å². The van der Waals surface area contributed by atoms with Crippen LogP contribution in [0, 0.1) is 16.0 Å². The molecule has 2 heterocycles. The number of hydrogen-bond acceptors (Lipinski definition) is 9. The molecule has 2 aromatic carbocycles. The van der Waals surface area contributed by atoms with Crippen LogP contribution in [0.25, 0.3) is 0 Å². The van der Waals surface area contributed by atoms with E-state index < -0.39 is 28.8 Å². The first-order chi connectivity index (χ1) is 14.9. The van der Waals surface area contributed by atoms with E-state index in [2.05, 4.69) is 5.16 Å². The van der Waals surface area contributed by atoms with Gasteiger partial charge in [0.05, 0.1) is 38.0 Å². The number of nitro groups is 1. The molecule has 2 aliphatic heterocycles. The third-order valence-corrected chi connectivity index (χ3v) is 5.11. The molecule has 0 aliphatic carbocycles. The molecule has 0 unspecified atom stereocenters. The molecule has 1 fully saturated rings. The number of anilines is 1. The first-order valence-electron chi connectivity index (χ1n) is 9.07. The predicted octanol–water partition coefficient (Wildman–Crippen LogP) is 1.91. The van der Waals surface area contributed by atoms with Gasteiger partial charge in [-0.25, -0.2) is 4.90 Å². The van der Waals surface area contributed by atoms with Crippen molar-refractivity contribution in [2.45, 2.75) is 6.10 Å². The van der Waals surface area contributed by atoms with E-state index in [4.69, 9.17) is 19.0 Å². The summed E-state index contributed by atoms with van der Waals surface area (Å²) in [6.45, 7) is 0. The zero-order valence-corrected chi connectivity index (χ0v) is 16.7. The minimum Gasteiger partial charge on any atom is -0.494 e. The SMILES string of the molecule is COc1ccc(C2=NO[C@@H]3C(=O)N(c4ccc([N+](=O)[O-])cc4OC)C(=O)[C@@H]23)cc1OC. The van der Waals surface area contributed by atoms with Crippen LogP contribution >= 0.6 is 0 Å². The maximum Gasteiger partial charge on any atom is 0.279 e. The van der Waals surface area contributed by atoms with Crippen molar-refractivity contribution in [3.05, 3.63) is 52.1 Å². The van der Waals surface area contributed by atoms with E-state index in [1.807, 2.05) is 0 Å². The highest BCUT2D eigenvalue weighted by Gasteiger charge is 2.56. The van der Waals surface area contributed by atoms with Crippen LogP contribution in [0.1, 0.15) is 5.56 Å². The summed E-state index contributed by atoms with van der Waals surface area (Å²) in [5.74, 6) is -1.26. The fourth-order valence-electron chi connectivity index (χ4n) is 3.61. The van der Waals surface area contributed by atoms with Crippen molar-refractivity contribution in [3.8, 4) is 17.2 Å². The lowest BCUT2D eigenvalue weighted by Crippen LogP contribution is -2.33. The number of methoxy groups -OCH3 is 3. The number of nitro benzene ring substituents is 1. The molecule has 4 rings (SSSR count). The van der Waals surface area contributed by atoms with Gasteiger partial charge in [0.1, 0.15) is 17.4 Å². The van der Waals surface area contributed by atoms with Crippen molar-refractivity contribution in [2.75, 3.05) is 26.2 Å². The molecule has 11 nitrogen and oxygen atoms in total. The summed E-state index contributed by atoms with van der Waals surface area (Å²) in [4.78, 5) is 42.8. The van der Waals surface area contributed by atoms with E-state index in [1.165, 1.54) is 33.5 Å². The van der Waals surface area contributed by atoms with Crippen molar-refractivity contribution in [2.24, 2.45) is 11.1 Å². The molecule has 2 amide bonds. The monoisotopic (exact) mass is 427 g/mol. The van der Waals surface area contributed by atoms with Crippen molar-refractivity contribution >= 4 is 28.9 Å². The van der Waals surface area contributed by atoms with Crippen molar-refractivity contribution in [1.29, 1.82) is 0 Å². The summed E-state index contributed by atoms with van der Waals surface area (Å²) in [7, 11) is 4.27. The van der Waals surface area contributed by atoms with E-state index >= 15 is 0 Å². The summed E-state index contributed by atoms with van der Waals surface area (Å²) in [6, 6.07) is 8.60. The Labute approximate surface area is 175 Å². The Bertz CT molecular complexity index is 1130. The third kappa shape index (κ3) is 3.10. The lowest BCUT2D eigenvalue weighted by molar-refractivity contribution is -0.384. The highest BCUT2D eigenvalue weighted by Crippen LogP contribution is 2.40. The first-order valence-corrected chi connectivity index (χ1v) is 9.07. The fraction of sp³-hybridized carbons (Fsp3) is 0.250. The summed E-state index contributed by atoms with van der Waals surface area (Å²) < 4.78 is 15.7. The highest BCUT2D eigenvalue weighted by molar-refractivity contribution is 6.32. The van der Waals surface area contributed by atoms with E-state index in [1.54, 1.807) is 18.2 Å². The number of rotatable bonds is 6. The van der Waals surface area contributed by atoms with Gasteiger partial charge in [0.25, 0.3) is 11.6 Å². The number of hydrogen-bond donors (Lipinski definition) is 0. The van der Waals surface area contributed by atoms with Crippen LogP contribution in [0.2, 0.25) is 0 Å². The molecule has 2 atom stereocenters. The lowest BCUT2D eigenvalue weighted by atomic mass is 9.94. The Kier molecular flexibility index (Phi) is 4.93. The molecular weight excluding hydrogens is 410 g/mol. The number of fused-ring (bicyclic) bond motifs is 1. The molecule has 0 bridgehead atoms. The second kappa shape index (κ2) is 7.59. The van der Waals surface area contributed by atoms with E-state index in [0.717, 1.165) is 11.0 Å². The van der Waals surface area contributed by atoms with E-state index in [0.29, 0.717) is 17.1 Å². The average molecular weight is 427 g/mol. The molecule has 0 spiro atoms. The summed E-state index contributed by atoms with van der Waals surface area (Å²) >= 11 is 0. The van der Waals surface area contributed by atoms with Crippen LogP contribution in [-0.2, 0) is 14.4 Å². The van der Waals surface area contributed by atoms with Gasteiger partial charge < -0.3 is 19.0 Å². The van der Waals surface area contributed by atoms with Crippen LogP contribution in [0.4, 0.5) is 11.4 Å². The highest BCUT2D eigenvalue weighted by atomic mass is 16.7. The Morgan fingerprint density at radius 3 is 2.32 bits per heavy atom. The smallest absolute Gasteiger partial charge is 0.279 e. The molecule has 2 aliphatic rings. The molecule has 11 heteroatoms. The van der Waals surface area contributed by atoms with Gasteiger partial charge in [-0.2, -0.15) is 0 Å². The number of ether oxygens (including phenoxy) is 3. The maximum absolute atomic E-state index is 13.2. The average Bonchev–Trinajstić information content (AvgIpc) is 3.32. The van der Waals surface area contributed by atoms with Gasteiger partial charge in [-0.3, -0.25) is 19.7 Å². The second-order valence-corrected chi connectivity index (χ2v) is 6.68. The largest absolute Gasteiger partial charge is 0.494 e. The van der Waals surface area contributed by atoms with Crippen LogP contribution < -0.4 is 19.1 Å². The first kappa shape index (κ1) is 20.1. The number of carbonyl (C=O) groups excluding carboxylic acids is 2. The molecule has 0 N–H and O–H groups in total. The van der Waals surface area contributed by atoms with Crippen LogP contribution in [-0.4, -0.2) is 49.9 Å². The van der Waals surface area contributed by atoms with Gasteiger partial charge >= 0.3 is 0 Å². The fourth-order valence-corrected chi connectivity index (χ4v) is 3.61. The van der Waals surface area contributed by atoms with Gasteiger partial charge in [0, 0.05) is 11.6 Å². The van der Waals surface area contributed by atoms with Gasteiger partial charge in [0.15, 0.2) is 11.5 Å². The Morgan fingerprint density at radius 2 is 1.68 bits per heavy atom. The zero-order valence-electron chi connectivity index (χ0n) is 16.7. The standard InChI is InChI=1S/C20H17N3O8/c1-28-13-7-4-10(8-15(13)30-3)17-16-18(31-21-17)20(25)22(19(16)24)12-6-5-11(23(26)27)9-14(12)29-2/h4-9,16,18H,1-3H3/t16-,18-/m0/s1. The van der Waals surface area contributed by atoms with Crippen LogP contribution in [0.5, 0.6) is 17.2 Å². The molecular formula is C20H17N3O8. The minimum atomic E-state index is -1.14. The predicted molar refractivity (Wildman–Crippen MR) is 107 cm³/mol. The van der Waals surface area contributed by atoms with Crippen molar-refractivity contribution < 1.29 is 33.6 Å². The third-order valence-electron chi connectivity index (χ3n) is 5.11. The molecule has 0 radical (unpaired) electrons. The topological polar surface area (TPSA) is 130 Å². The number of non-ortho nitro benzene ring substituents is 1. The Balaban J connectivity index is 1.71. The van der Waals surface area contributed by atoms with Gasteiger partial charge in [0.2, 0.25) is 12.0 Å². The molecule has 0 aromatic heterocycles. The number of amides is 2. The summed E-state index contributed by atoms with van der Waals surface area (Å²) in [6.07, 6.45) is -1.14. The zero-order chi connectivity index (χ0) is 22.3. The second-order valence-electron chi connectivity index (χ2n) is 6.68. The van der Waals surface area contributed by atoms with Gasteiger partial charge in [-0.05, 0) is 24.3 Å². The van der Waals surface area contributed by atoms with Crippen LogP contribution in [0.3, 0.4) is 0 Å². The van der Waals surface area contributed by atoms with Crippen molar-refractivity contribution in [3.63, 3.8) is 0 Å². The van der Waals surface area contributed by atoms with Gasteiger partial charge in [-0.15, -0.1) is 0 Å². The Hall–Kier alpha value is -4.15. The number of benzene rings is 2. The minimum absolute atomic E-state index is 0.0143. The Morgan fingerprint density at radius 1 is 0.968 bits per heavy atom. The summed E-state index contributed by atoms with van der Waals surface area (Å²) in [5.41, 5.74) is 0.660. The molecule has 1 saturated heterocycles. The van der Waals surface area contributed by atoms with Crippen LogP contribution in [0.15, 0.2) is 41.6 Å². The summed E-state index contributed by atoms with van der Waals surface area (Å²) in [5, 5.41) is 15.0. The molecule has 31 heavy (non-hydrogen) atoms. The maximum atomic E-state index is 13.2. The number of oxime groups is 1. The number of nitrogens with zero attached hydrogens (tertiary/aromatic N) is 3. The lowest BCUT2D eigenvalue weighted by Gasteiger charge is -2.18. The number of imide groups is 1. The van der Waals surface area contributed by atoms with Crippen molar-refractivity contribution in [1.82, 2.24) is 0 Å². The normalized spacial score (nSPS) is 19.6. The molecule has 0 saturated carbocycles. The molecule has 2 aromatic rings.